The molecule has 1 amide bonds. The molecule has 1 N–H and O–H groups in total. The fourth-order valence-corrected chi connectivity index (χ4v) is 2.92. The molecule has 7 heteroatoms. The molecular formula is C18H17N3O3S. The van der Waals surface area contributed by atoms with E-state index >= 15 is 0 Å². The third-order valence-corrected chi connectivity index (χ3v) is 4.15. The van der Waals surface area contributed by atoms with Crippen LogP contribution in [0.2, 0.25) is 0 Å². The van der Waals surface area contributed by atoms with Crippen LogP contribution in [0.1, 0.15) is 5.56 Å². The highest BCUT2D eigenvalue weighted by atomic mass is 32.1. The molecule has 0 aliphatic heterocycles. The highest BCUT2D eigenvalue weighted by Gasteiger charge is 2.12. The molecule has 0 saturated heterocycles. The van der Waals surface area contributed by atoms with Crippen LogP contribution < -0.4 is 14.8 Å². The van der Waals surface area contributed by atoms with Crippen molar-refractivity contribution in [2.75, 3.05) is 19.5 Å². The van der Waals surface area contributed by atoms with E-state index in [0.717, 1.165) is 22.7 Å². The number of carbonyl (C=O) groups is 1. The van der Waals surface area contributed by atoms with Gasteiger partial charge in [0, 0.05) is 17.1 Å². The molecule has 25 heavy (non-hydrogen) atoms. The molecule has 0 atom stereocenters. The summed E-state index contributed by atoms with van der Waals surface area (Å²) in [6.07, 6.45) is 0.298. The van der Waals surface area contributed by atoms with Crippen molar-refractivity contribution < 1.29 is 14.3 Å². The summed E-state index contributed by atoms with van der Waals surface area (Å²) in [5, 5.41) is 3.25. The standard InChI is InChI=1S/C18H17N3O3S/c1-23-14-9-8-13(11-15(14)24-2)17-20-18(25-21-17)19-16(22)10-12-6-4-3-5-7-12/h3-9,11H,10H2,1-2H3,(H,19,20,21,22). The highest BCUT2D eigenvalue weighted by Crippen LogP contribution is 2.32. The summed E-state index contributed by atoms with van der Waals surface area (Å²) in [4.78, 5) is 16.5. The Morgan fingerprint density at radius 2 is 1.84 bits per heavy atom. The highest BCUT2D eigenvalue weighted by molar-refractivity contribution is 7.10. The van der Waals surface area contributed by atoms with Crippen LogP contribution in [0, 0.1) is 0 Å². The lowest BCUT2D eigenvalue weighted by Crippen LogP contribution is -2.14. The number of aromatic nitrogens is 2. The second kappa shape index (κ2) is 7.76. The zero-order valence-corrected chi connectivity index (χ0v) is 14.7. The maximum absolute atomic E-state index is 12.1. The van der Waals surface area contributed by atoms with E-state index in [1.165, 1.54) is 0 Å². The number of anilines is 1. The van der Waals surface area contributed by atoms with Gasteiger partial charge in [0.1, 0.15) is 0 Å². The van der Waals surface area contributed by atoms with Crippen LogP contribution in [0.4, 0.5) is 5.13 Å². The SMILES string of the molecule is COc1ccc(-c2nsc(NC(=O)Cc3ccccc3)n2)cc1OC. The van der Waals surface area contributed by atoms with Gasteiger partial charge in [-0.1, -0.05) is 30.3 Å². The number of methoxy groups -OCH3 is 2. The minimum Gasteiger partial charge on any atom is -0.493 e. The van der Waals surface area contributed by atoms with Crippen molar-refractivity contribution in [3.63, 3.8) is 0 Å². The van der Waals surface area contributed by atoms with Gasteiger partial charge in [0.15, 0.2) is 17.3 Å². The first-order chi connectivity index (χ1) is 12.2. The van der Waals surface area contributed by atoms with Crippen molar-refractivity contribution in [2.24, 2.45) is 0 Å². The van der Waals surface area contributed by atoms with Crippen LogP contribution in [0.3, 0.4) is 0 Å². The molecule has 1 heterocycles. The molecule has 6 nitrogen and oxygen atoms in total. The second-order valence-electron chi connectivity index (χ2n) is 5.20. The van der Waals surface area contributed by atoms with Gasteiger partial charge in [0.05, 0.1) is 20.6 Å². The number of carbonyl (C=O) groups excluding carboxylic acids is 1. The quantitative estimate of drug-likeness (QED) is 0.733. The Bertz CT molecular complexity index is 865. The van der Waals surface area contributed by atoms with Crippen LogP contribution in [0.15, 0.2) is 48.5 Å². The van der Waals surface area contributed by atoms with Crippen molar-refractivity contribution in [1.29, 1.82) is 0 Å². The number of nitrogens with one attached hydrogen (secondary N) is 1. The number of hydrogen-bond donors (Lipinski definition) is 1. The average molecular weight is 355 g/mol. The molecule has 128 valence electrons. The monoisotopic (exact) mass is 355 g/mol. The number of benzene rings is 2. The lowest BCUT2D eigenvalue weighted by atomic mass is 10.1. The first kappa shape index (κ1) is 16.9. The van der Waals surface area contributed by atoms with Gasteiger partial charge in [0.2, 0.25) is 11.0 Å². The molecule has 0 aliphatic carbocycles. The summed E-state index contributed by atoms with van der Waals surface area (Å²) in [6.45, 7) is 0. The molecular weight excluding hydrogens is 338 g/mol. The molecule has 0 unspecified atom stereocenters. The van der Waals surface area contributed by atoms with Crippen molar-refractivity contribution in [3.8, 4) is 22.9 Å². The van der Waals surface area contributed by atoms with Gasteiger partial charge in [-0.05, 0) is 23.8 Å². The average Bonchev–Trinajstić information content (AvgIpc) is 3.10. The lowest BCUT2D eigenvalue weighted by Gasteiger charge is -2.07. The minimum absolute atomic E-state index is 0.124. The summed E-state index contributed by atoms with van der Waals surface area (Å²) >= 11 is 1.14. The fraction of sp³-hybridized carbons (Fsp3) is 0.167. The van der Waals surface area contributed by atoms with Crippen LogP contribution >= 0.6 is 11.5 Å². The van der Waals surface area contributed by atoms with Crippen LogP contribution in [-0.4, -0.2) is 29.5 Å². The van der Waals surface area contributed by atoms with Gasteiger partial charge < -0.3 is 14.8 Å². The molecule has 0 saturated carbocycles. The second-order valence-corrected chi connectivity index (χ2v) is 5.96. The molecule has 0 aliphatic rings. The van der Waals surface area contributed by atoms with Crippen molar-refractivity contribution in [3.05, 3.63) is 54.1 Å². The number of rotatable bonds is 6. The Kier molecular flexibility index (Phi) is 5.25. The molecule has 3 rings (SSSR count). The first-order valence-electron chi connectivity index (χ1n) is 7.59. The van der Waals surface area contributed by atoms with Crippen LogP contribution in [-0.2, 0) is 11.2 Å². The molecule has 2 aromatic carbocycles. The number of ether oxygens (including phenoxy) is 2. The molecule has 0 bridgehead atoms. The van der Waals surface area contributed by atoms with E-state index in [1.54, 1.807) is 26.4 Å². The van der Waals surface area contributed by atoms with Crippen molar-refractivity contribution >= 4 is 22.6 Å². The van der Waals surface area contributed by atoms with Crippen LogP contribution in [0.25, 0.3) is 11.4 Å². The summed E-state index contributed by atoms with van der Waals surface area (Å²) in [6, 6.07) is 15.0. The van der Waals surface area contributed by atoms with Crippen molar-refractivity contribution in [1.82, 2.24) is 9.36 Å². The van der Waals surface area contributed by atoms with E-state index in [1.807, 2.05) is 36.4 Å². The third-order valence-electron chi connectivity index (χ3n) is 3.52. The first-order valence-corrected chi connectivity index (χ1v) is 8.37. The topological polar surface area (TPSA) is 73.3 Å². The number of amides is 1. The zero-order chi connectivity index (χ0) is 17.6. The predicted octanol–water partition coefficient (Wildman–Crippen LogP) is 3.40. The Balaban J connectivity index is 1.71. The third kappa shape index (κ3) is 4.13. The van der Waals surface area contributed by atoms with E-state index in [0.29, 0.717) is 28.9 Å². The smallest absolute Gasteiger partial charge is 0.230 e. The summed E-state index contributed by atoms with van der Waals surface area (Å²) in [5.41, 5.74) is 1.74. The zero-order valence-electron chi connectivity index (χ0n) is 13.9. The molecule has 1 aromatic heterocycles. The van der Waals surface area contributed by atoms with Crippen molar-refractivity contribution in [2.45, 2.75) is 6.42 Å². The van der Waals surface area contributed by atoms with Gasteiger partial charge in [0.25, 0.3) is 0 Å². The molecule has 0 spiro atoms. The Morgan fingerprint density at radius 1 is 1.08 bits per heavy atom. The van der Waals surface area contributed by atoms with Gasteiger partial charge in [-0.15, -0.1) is 0 Å². The summed E-state index contributed by atoms with van der Waals surface area (Å²) in [7, 11) is 3.16. The Labute approximate surface area is 149 Å². The fourth-order valence-electron chi connectivity index (χ4n) is 2.31. The molecule has 3 aromatic rings. The van der Waals surface area contributed by atoms with Gasteiger partial charge >= 0.3 is 0 Å². The molecule has 0 radical (unpaired) electrons. The lowest BCUT2D eigenvalue weighted by molar-refractivity contribution is -0.115. The largest absolute Gasteiger partial charge is 0.493 e. The number of hydrogen-bond acceptors (Lipinski definition) is 6. The van der Waals surface area contributed by atoms with E-state index in [2.05, 4.69) is 14.7 Å². The maximum Gasteiger partial charge on any atom is 0.230 e. The van der Waals surface area contributed by atoms with Crippen LogP contribution in [0.5, 0.6) is 11.5 Å². The van der Waals surface area contributed by atoms with E-state index < -0.39 is 0 Å². The Morgan fingerprint density at radius 3 is 2.56 bits per heavy atom. The van der Waals surface area contributed by atoms with Gasteiger partial charge in [-0.3, -0.25) is 4.79 Å². The van der Waals surface area contributed by atoms with Gasteiger partial charge in [-0.2, -0.15) is 9.36 Å². The molecule has 0 fully saturated rings. The minimum atomic E-state index is -0.124. The Hall–Kier alpha value is -2.93. The predicted molar refractivity (Wildman–Crippen MR) is 97.2 cm³/mol. The number of nitrogens with zero attached hydrogens (tertiary/aromatic N) is 2. The normalized spacial score (nSPS) is 10.3. The summed E-state index contributed by atoms with van der Waals surface area (Å²) in [5.74, 6) is 1.64. The summed E-state index contributed by atoms with van der Waals surface area (Å²) < 4.78 is 14.8. The van der Waals surface area contributed by atoms with Gasteiger partial charge in [-0.25, -0.2) is 0 Å². The van der Waals surface area contributed by atoms with E-state index in [-0.39, 0.29) is 5.91 Å². The van der Waals surface area contributed by atoms with E-state index in [9.17, 15) is 4.79 Å². The maximum atomic E-state index is 12.1. The van der Waals surface area contributed by atoms with E-state index in [4.69, 9.17) is 9.47 Å².